The normalized spacial score (nSPS) is 18.0. The number of hydrogen-bond acceptors (Lipinski definition) is 5. The van der Waals surface area contributed by atoms with Gasteiger partial charge in [0, 0.05) is 19.0 Å². The van der Waals surface area contributed by atoms with Gasteiger partial charge in [0.05, 0.1) is 5.56 Å². The molecule has 1 aliphatic heterocycles. The van der Waals surface area contributed by atoms with Crippen LogP contribution in [0.15, 0.2) is 24.3 Å². The van der Waals surface area contributed by atoms with Crippen molar-refractivity contribution in [3.05, 3.63) is 35.7 Å². The molecule has 7 nitrogen and oxygen atoms in total. The van der Waals surface area contributed by atoms with Gasteiger partial charge in [-0.2, -0.15) is 18.4 Å². The van der Waals surface area contributed by atoms with E-state index >= 15 is 0 Å². The summed E-state index contributed by atoms with van der Waals surface area (Å²) < 4.78 is 43.8. The van der Waals surface area contributed by atoms with Crippen molar-refractivity contribution in [3.8, 4) is 5.75 Å². The van der Waals surface area contributed by atoms with E-state index in [4.69, 9.17) is 4.74 Å². The number of hydrogen-bond donors (Lipinski definition) is 1. The fourth-order valence-corrected chi connectivity index (χ4v) is 2.60. The maximum Gasteiger partial charge on any atom is 0.419 e. The van der Waals surface area contributed by atoms with Crippen molar-refractivity contribution < 1.29 is 22.7 Å². The van der Waals surface area contributed by atoms with Crippen LogP contribution in [0, 0.1) is 0 Å². The zero-order valence-electron chi connectivity index (χ0n) is 12.5. The number of halogens is 3. The summed E-state index contributed by atoms with van der Waals surface area (Å²) in [4.78, 5) is 13.7. The number of para-hydroxylation sites is 1. The predicted molar refractivity (Wildman–Crippen MR) is 75.1 cm³/mol. The topological polar surface area (TPSA) is 84.0 Å². The molecule has 1 N–H and O–H groups in total. The van der Waals surface area contributed by atoms with E-state index in [0.717, 1.165) is 6.07 Å². The van der Waals surface area contributed by atoms with E-state index in [9.17, 15) is 18.0 Å². The highest BCUT2D eigenvalue weighted by Crippen LogP contribution is 2.36. The molecule has 1 fully saturated rings. The number of carbonyl (C=O) groups excluding carboxylic acids is 1. The highest BCUT2D eigenvalue weighted by atomic mass is 19.4. The van der Waals surface area contributed by atoms with Crippen LogP contribution in [0.2, 0.25) is 0 Å². The molecule has 128 valence electrons. The molecule has 0 aliphatic carbocycles. The maximum absolute atomic E-state index is 12.9. The van der Waals surface area contributed by atoms with Crippen LogP contribution in [0.1, 0.15) is 23.7 Å². The number of ether oxygens (including phenoxy) is 1. The van der Waals surface area contributed by atoms with Gasteiger partial charge in [0.25, 0.3) is 5.91 Å². The molecule has 0 bridgehead atoms. The lowest BCUT2D eigenvalue weighted by Gasteiger charge is -2.18. The lowest BCUT2D eigenvalue weighted by molar-refractivity contribution is -0.140. The molecule has 0 spiro atoms. The summed E-state index contributed by atoms with van der Waals surface area (Å²) in [5.74, 6) is -0.242. The van der Waals surface area contributed by atoms with E-state index in [1.165, 1.54) is 23.1 Å². The molecule has 1 aliphatic rings. The minimum atomic E-state index is -4.53. The van der Waals surface area contributed by atoms with Gasteiger partial charge < -0.3 is 9.64 Å². The number of nitrogens with zero attached hydrogens (tertiary/aromatic N) is 4. The number of aromatic amines is 1. The van der Waals surface area contributed by atoms with Gasteiger partial charge in [0.15, 0.2) is 12.4 Å². The standard InChI is InChI=1S/C14H14F3N5O2/c15-14(16,17)10-3-1-2-4-11(10)24-8-12(23)22-6-5-9(7-22)13-18-20-21-19-13/h1-4,9H,5-8H2,(H,18,19,20,21). The summed E-state index contributed by atoms with van der Waals surface area (Å²) in [6.45, 7) is 0.414. The molecule has 0 saturated carbocycles. The van der Waals surface area contributed by atoms with Crippen LogP contribution >= 0.6 is 0 Å². The molecule has 1 aromatic heterocycles. The summed E-state index contributed by atoms with van der Waals surface area (Å²) in [5.41, 5.74) is -0.899. The molecule has 2 heterocycles. The second kappa shape index (κ2) is 6.46. The third-order valence-electron chi connectivity index (χ3n) is 3.81. The first-order valence-corrected chi connectivity index (χ1v) is 7.25. The van der Waals surface area contributed by atoms with Crippen LogP contribution in [-0.4, -0.2) is 51.1 Å². The summed E-state index contributed by atoms with van der Waals surface area (Å²) in [7, 11) is 0. The zero-order chi connectivity index (χ0) is 17.2. The van der Waals surface area contributed by atoms with E-state index in [1.807, 2.05) is 0 Å². The van der Waals surface area contributed by atoms with Gasteiger partial charge in [-0.15, -0.1) is 10.2 Å². The SMILES string of the molecule is O=C(COc1ccccc1C(F)(F)F)N1CCC(c2nn[nH]n2)C1. The second-order valence-electron chi connectivity index (χ2n) is 5.38. The predicted octanol–water partition coefficient (Wildman–Crippen LogP) is 1.61. The first-order chi connectivity index (χ1) is 11.4. The van der Waals surface area contributed by atoms with E-state index in [-0.39, 0.29) is 17.6 Å². The van der Waals surface area contributed by atoms with Crippen LogP contribution in [0.25, 0.3) is 0 Å². The Morgan fingerprint density at radius 1 is 1.38 bits per heavy atom. The number of alkyl halides is 3. The Kier molecular flexibility index (Phi) is 4.36. The van der Waals surface area contributed by atoms with Crippen LogP contribution < -0.4 is 4.74 Å². The second-order valence-corrected chi connectivity index (χ2v) is 5.38. The van der Waals surface area contributed by atoms with Crippen molar-refractivity contribution in [1.29, 1.82) is 0 Å². The Balaban J connectivity index is 1.59. The number of nitrogens with one attached hydrogen (secondary N) is 1. The number of likely N-dealkylation sites (tertiary alicyclic amines) is 1. The first-order valence-electron chi connectivity index (χ1n) is 7.25. The van der Waals surface area contributed by atoms with Crippen molar-refractivity contribution in [2.24, 2.45) is 0 Å². The van der Waals surface area contributed by atoms with Crippen LogP contribution in [0.5, 0.6) is 5.75 Å². The van der Waals surface area contributed by atoms with E-state index in [1.54, 1.807) is 0 Å². The van der Waals surface area contributed by atoms with Crippen molar-refractivity contribution in [1.82, 2.24) is 25.5 Å². The average molecular weight is 341 g/mol. The Morgan fingerprint density at radius 2 is 2.17 bits per heavy atom. The fraction of sp³-hybridized carbons (Fsp3) is 0.429. The van der Waals surface area contributed by atoms with Crippen LogP contribution in [0.4, 0.5) is 13.2 Å². The number of aromatic nitrogens is 4. The monoisotopic (exact) mass is 341 g/mol. The first kappa shape index (κ1) is 16.2. The molecule has 1 atom stereocenters. The van der Waals surface area contributed by atoms with Crippen LogP contribution in [-0.2, 0) is 11.0 Å². The highest BCUT2D eigenvalue weighted by molar-refractivity contribution is 5.78. The van der Waals surface area contributed by atoms with Gasteiger partial charge in [0.1, 0.15) is 5.75 Å². The Labute approximate surface area is 134 Å². The summed E-state index contributed by atoms with van der Waals surface area (Å²) in [6, 6.07) is 4.81. The molecule has 0 radical (unpaired) electrons. The third kappa shape index (κ3) is 3.47. The molecule has 1 aromatic carbocycles. The maximum atomic E-state index is 12.9. The molecule has 1 unspecified atom stereocenters. The molecule has 1 amide bonds. The Bertz CT molecular complexity index is 705. The molecule has 1 saturated heterocycles. The number of tetrazole rings is 1. The molecular weight excluding hydrogens is 327 g/mol. The van der Waals surface area contributed by atoms with Gasteiger partial charge >= 0.3 is 6.18 Å². The largest absolute Gasteiger partial charge is 0.483 e. The van der Waals surface area contributed by atoms with Gasteiger partial charge in [-0.25, -0.2) is 0 Å². The van der Waals surface area contributed by atoms with Crippen molar-refractivity contribution in [2.45, 2.75) is 18.5 Å². The summed E-state index contributed by atoms with van der Waals surface area (Å²) in [5, 5.41) is 13.6. The van der Waals surface area contributed by atoms with Crippen molar-refractivity contribution >= 4 is 5.91 Å². The van der Waals surface area contributed by atoms with Gasteiger partial charge in [0.2, 0.25) is 0 Å². The van der Waals surface area contributed by atoms with Crippen molar-refractivity contribution in [3.63, 3.8) is 0 Å². The van der Waals surface area contributed by atoms with Crippen LogP contribution in [0.3, 0.4) is 0 Å². The highest BCUT2D eigenvalue weighted by Gasteiger charge is 2.35. The number of benzene rings is 1. The minimum absolute atomic E-state index is 0.0323. The Morgan fingerprint density at radius 3 is 2.88 bits per heavy atom. The molecule has 10 heteroatoms. The zero-order valence-corrected chi connectivity index (χ0v) is 12.5. The van der Waals surface area contributed by atoms with Gasteiger partial charge in [-0.05, 0) is 18.6 Å². The van der Waals surface area contributed by atoms with Gasteiger partial charge in [-0.3, -0.25) is 4.79 Å². The summed E-state index contributed by atoms with van der Waals surface area (Å²) in [6.07, 6.45) is -3.86. The molecule has 2 aromatic rings. The number of amides is 1. The van der Waals surface area contributed by atoms with Gasteiger partial charge in [-0.1, -0.05) is 17.3 Å². The quantitative estimate of drug-likeness (QED) is 0.913. The van der Waals surface area contributed by atoms with E-state index in [0.29, 0.717) is 25.3 Å². The van der Waals surface area contributed by atoms with E-state index in [2.05, 4.69) is 20.6 Å². The molecular formula is C14H14F3N5O2. The fourth-order valence-electron chi connectivity index (χ4n) is 2.60. The smallest absolute Gasteiger partial charge is 0.419 e. The average Bonchev–Trinajstić information content (AvgIpc) is 3.22. The molecule has 24 heavy (non-hydrogen) atoms. The lowest BCUT2D eigenvalue weighted by Crippen LogP contribution is -2.33. The number of carbonyl (C=O) groups is 1. The lowest BCUT2D eigenvalue weighted by atomic mass is 10.1. The minimum Gasteiger partial charge on any atom is -0.483 e. The van der Waals surface area contributed by atoms with Crippen molar-refractivity contribution in [2.75, 3.05) is 19.7 Å². The number of H-pyrrole nitrogens is 1. The third-order valence-corrected chi connectivity index (χ3v) is 3.81. The number of rotatable bonds is 4. The Hall–Kier alpha value is -2.65. The summed E-state index contributed by atoms with van der Waals surface area (Å²) >= 11 is 0. The molecule has 3 rings (SSSR count). The van der Waals surface area contributed by atoms with E-state index < -0.39 is 18.3 Å².